The molecule has 5 heteroatoms. The Morgan fingerprint density at radius 2 is 2.09 bits per heavy atom. The Balaban J connectivity index is 0.000000541. The van der Waals surface area contributed by atoms with Gasteiger partial charge in [-0.05, 0) is 37.0 Å². The van der Waals surface area contributed by atoms with Crippen molar-refractivity contribution in [3.05, 3.63) is 29.8 Å². The molecule has 2 rings (SSSR count). The summed E-state index contributed by atoms with van der Waals surface area (Å²) in [6.07, 6.45) is 5.18. The molecule has 0 bridgehead atoms. The predicted octanol–water partition coefficient (Wildman–Crippen LogP) is 2.83. The maximum Gasteiger partial charge on any atom is 0.300 e. The van der Waals surface area contributed by atoms with Crippen molar-refractivity contribution < 1.29 is 20.1 Å². The Morgan fingerprint density at radius 3 is 2.68 bits per heavy atom. The van der Waals surface area contributed by atoms with Crippen LogP contribution in [0.1, 0.15) is 57.6 Å². The third-order valence-electron chi connectivity index (χ3n) is 3.75. The Bertz CT molecular complexity index is 458. The maximum absolute atomic E-state index is 10.4. The van der Waals surface area contributed by atoms with Crippen LogP contribution in [0.3, 0.4) is 0 Å². The number of carbonyl (C=O) groups is 1. The summed E-state index contributed by atoms with van der Waals surface area (Å²) >= 11 is 0. The smallest absolute Gasteiger partial charge is 0.300 e. The molecule has 1 saturated heterocycles. The van der Waals surface area contributed by atoms with E-state index in [4.69, 9.17) is 9.90 Å². The Morgan fingerprint density at radius 1 is 1.41 bits per heavy atom. The average molecular weight is 309 g/mol. The molecule has 0 unspecified atom stereocenters. The lowest BCUT2D eigenvalue weighted by atomic mass is 9.90. The molecule has 5 nitrogen and oxygen atoms in total. The normalized spacial score (nSPS) is 22.3. The molecule has 1 aromatic rings. The van der Waals surface area contributed by atoms with Crippen LogP contribution in [0, 0.1) is 0 Å². The van der Waals surface area contributed by atoms with Gasteiger partial charge in [-0.3, -0.25) is 4.79 Å². The number of hydrogen-bond donors (Lipinski definition) is 4. The van der Waals surface area contributed by atoms with Crippen molar-refractivity contribution in [3.8, 4) is 5.75 Å². The topological polar surface area (TPSA) is 89.8 Å². The largest absolute Gasteiger partial charge is 0.508 e. The minimum Gasteiger partial charge on any atom is -0.508 e. The lowest BCUT2D eigenvalue weighted by molar-refractivity contribution is -0.134. The second-order valence-corrected chi connectivity index (χ2v) is 5.75. The molecule has 0 aromatic heterocycles. The zero-order valence-electron chi connectivity index (χ0n) is 13.3. The van der Waals surface area contributed by atoms with Crippen LogP contribution >= 0.6 is 0 Å². The zero-order valence-corrected chi connectivity index (χ0v) is 13.3. The number of hydrogen-bond acceptors (Lipinski definition) is 4. The number of nitrogens with one attached hydrogen (secondary N) is 1. The third-order valence-corrected chi connectivity index (χ3v) is 3.75. The lowest BCUT2D eigenvalue weighted by Gasteiger charge is -2.34. The van der Waals surface area contributed by atoms with Crippen molar-refractivity contribution in [1.29, 1.82) is 0 Å². The standard InChI is InChI=1S/C15H23NO2.C2H4O2/c1-2-5-12-7-4-9-14(16-12)15(18)11-6-3-8-13(17)10-11;1-2(3)4/h3,6,8,10,12,14-18H,2,4-5,7,9H2,1H3;1H3,(H,3,4)/t12-,14+,15+;/m0./s1. The van der Waals surface area contributed by atoms with Gasteiger partial charge in [0.2, 0.25) is 0 Å². The third kappa shape index (κ3) is 6.45. The summed E-state index contributed by atoms with van der Waals surface area (Å²) in [5.41, 5.74) is 0.796. The van der Waals surface area contributed by atoms with Gasteiger partial charge >= 0.3 is 0 Å². The number of aliphatic carboxylic acids is 1. The van der Waals surface area contributed by atoms with E-state index < -0.39 is 12.1 Å². The van der Waals surface area contributed by atoms with Crippen molar-refractivity contribution in [3.63, 3.8) is 0 Å². The Hall–Kier alpha value is -1.59. The summed E-state index contributed by atoms with van der Waals surface area (Å²) in [4.78, 5) is 9.00. The summed E-state index contributed by atoms with van der Waals surface area (Å²) in [5, 5.41) is 30.8. The van der Waals surface area contributed by atoms with E-state index in [0.29, 0.717) is 6.04 Å². The Kier molecular flexibility index (Phi) is 7.91. The van der Waals surface area contributed by atoms with Crippen LogP contribution in [0.15, 0.2) is 24.3 Å². The van der Waals surface area contributed by atoms with E-state index in [1.807, 2.05) is 6.07 Å². The van der Waals surface area contributed by atoms with Crippen LogP contribution in [0.5, 0.6) is 5.75 Å². The van der Waals surface area contributed by atoms with E-state index in [2.05, 4.69) is 12.2 Å². The fraction of sp³-hybridized carbons (Fsp3) is 0.588. The second kappa shape index (κ2) is 9.43. The summed E-state index contributed by atoms with van der Waals surface area (Å²) < 4.78 is 0. The first kappa shape index (κ1) is 18.5. The summed E-state index contributed by atoms with van der Waals surface area (Å²) in [6.45, 7) is 3.27. The number of aliphatic hydroxyl groups excluding tert-OH is 1. The monoisotopic (exact) mass is 309 g/mol. The van der Waals surface area contributed by atoms with Crippen LogP contribution in [0.25, 0.3) is 0 Å². The highest BCUT2D eigenvalue weighted by molar-refractivity contribution is 5.62. The zero-order chi connectivity index (χ0) is 16.5. The van der Waals surface area contributed by atoms with E-state index in [1.165, 1.54) is 19.3 Å². The fourth-order valence-electron chi connectivity index (χ4n) is 2.82. The van der Waals surface area contributed by atoms with Crippen LogP contribution in [0.4, 0.5) is 0 Å². The van der Waals surface area contributed by atoms with Gasteiger partial charge in [0.25, 0.3) is 5.97 Å². The number of carboxylic acids is 1. The molecule has 3 atom stereocenters. The van der Waals surface area contributed by atoms with Crippen molar-refractivity contribution >= 4 is 5.97 Å². The number of rotatable bonds is 4. The first-order valence-corrected chi connectivity index (χ1v) is 7.86. The molecule has 1 heterocycles. The van der Waals surface area contributed by atoms with Crippen molar-refractivity contribution in [2.24, 2.45) is 0 Å². The van der Waals surface area contributed by atoms with Crippen molar-refractivity contribution in [2.45, 2.75) is 64.1 Å². The van der Waals surface area contributed by atoms with E-state index in [0.717, 1.165) is 25.3 Å². The molecule has 0 spiro atoms. The van der Waals surface area contributed by atoms with Gasteiger partial charge in [-0.15, -0.1) is 0 Å². The average Bonchev–Trinajstić information content (AvgIpc) is 2.46. The molecule has 1 aliphatic rings. The summed E-state index contributed by atoms with van der Waals surface area (Å²) in [6, 6.07) is 7.56. The first-order chi connectivity index (χ1) is 10.4. The molecule has 1 aliphatic heterocycles. The molecule has 22 heavy (non-hydrogen) atoms. The minimum absolute atomic E-state index is 0.108. The van der Waals surface area contributed by atoms with Gasteiger partial charge < -0.3 is 20.6 Å². The molecule has 0 amide bonds. The van der Waals surface area contributed by atoms with Gasteiger partial charge in [0.05, 0.1) is 6.10 Å². The number of aliphatic hydroxyl groups is 1. The number of carboxylic acid groups (broad SMARTS) is 1. The second-order valence-electron chi connectivity index (χ2n) is 5.75. The van der Waals surface area contributed by atoms with E-state index in [1.54, 1.807) is 18.2 Å². The van der Waals surface area contributed by atoms with Gasteiger partial charge in [0.15, 0.2) is 0 Å². The number of aromatic hydroxyl groups is 1. The number of piperidine rings is 1. The first-order valence-electron chi connectivity index (χ1n) is 7.86. The molecule has 124 valence electrons. The lowest BCUT2D eigenvalue weighted by Crippen LogP contribution is -2.45. The molecule has 1 aromatic carbocycles. The van der Waals surface area contributed by atoms with Crippen LogP contribution in [-0.2, 0) is 4.79 Å². The molecule has 1 fully saturated rings. The highest BCUT2D eigenvalue weighted by Crippen LogP contribution is 2.27. The molecule has 0 aliphatic carbocycles. The highest BCUT2D eigenvalue weighted by atomic mass is 16.4. The van der Waals surface area contributed by atoms with E-state index in [-0.39, 0.29) is 11.8 Å². The van der Waals surface area contributed by atoms with Gasteiger partial charge in [-0.2, -0.15) is 0 Å². The summed E-state index contributed by atoms with van der Waals surface area (Å²) in [7, 11) is 0. The van der Waals surface area contributed by atoms with Gasteiger partial charge in [-0.25, -0.2) is 0 Å². The molecule has 4 N–H and O–H groups in total. The number of phenolic OH excluding ortho intramolecular Hbond substituents is 1. The number of benzene rings is 1. The molecule has 0 radical (unpaired) electrons. The minimum atomic E-state index is -0.833. The van der Waals surface area contributed by atoms with Crippen molar-refractivity contribution in [2.75, 3.05) is 0 Å². The molecule has 0 saturated carbocycles. The quantitative estimate of drug-likeness (QED) is 0.687. The molecular weight excluding hydrogens is 282 g/mol. The number of phenols is 1. The SMILES string of the molecule is CC(=O)O.CCC[C@H]1CCC[C@H]([C@H](O)c2cccc(O)c2)N1. The highest BCUT2D eigenvalue weighted by Gasteiger charge is 2.27. The van der Waals surface area contributed by atoms with E-state index in [9.17, 15) is 10.2 Å². The predicted molar refractivity (Wildman–Crippen MR) is 85.8 cm³/mol. The van der Waals surface area contributed by atoms with Crippen molar-refractivity contribution in [1.82, 2.24) is 5.32 Å². The van der Waals surface area contributed by atoms with Crippen LogP contribution in [0.2, 0.25) is 0 Å². The molecular formula is C17H27NO4. The van der Waals surface area contributed by atoms with Gasteiger partial charge in [0, 0.05) is 19.0 Å². The van der Waals surface area contributed by atoms with Crippen LogP contribution < -0.4 is 5.32 Å². The maximum atomic E-state index is 10.4. The van der Waals surface area contributed by atoms with Crippen LogP contribution in [-0.4, -0.2) is 33.4 Å². The van der Waals surface area contributed by atoms with E-state index >= 15 is 0 Å². The Labute approximate surface area is 132 Å². The van der Waals surface area contributed by atoms with Gasteiger partial charge in [-0.1, -0.05) is 31.9 Å². The fourth-order valence-corrected chi connectivity index (χ4v) is 2.82. The summed E-state index contributed by atoms with van der Waals surface area (Å²) in [5.74, 6) is -0.618. The van der Waals surface area contributed by atoms with Gasteiger partial charge in [0.1, 0.15) is 5.75 Å².